The van der Waals surface area contributed by atoms with Crippen LogP contribution in [0.25, 0.3) is 17.2 Å². The predicted molar refractivity (Wildman–Crippen MR) is 129 cm³/mol. The van der Waals surface area contributed by atoms with Crippen molar-refractivity contribution in [2.24, 2.45) is 0 Å². The number of nitrogens with zero attached hydrogens (tertiary/aromatic N) is 7. The third-order valence-electron chi connectivity index (χ3n) is 5.18. The molecule has 0 fully saturated rings. The molecule has 0 aliphatic rings. The van der Waals surface area contributed by atoms with E-state index in [0.717, 1.165) is 17.7 Å². The monoisotopic (exact) mass is 471 g/mol. The molecule has 0 aliphatic heterocycles. The molecule has 2 aromatic carbocycles. The third-order valence-corrected chi connectivity index (χ3v) is 5.49. The highest BCUT2D eigenvalue weighted by molar-refractivity contribution is 6.32. The Morgan fingerprint density at radius 2 is 1.65 bits per heavy atom. The highest BCUT2D eigenvalue weighted by Crippen LogP contribution is 2.30. The lowest BCUT2D eigenvalue weighted by Gasteiger charge is -2.13. The molecule has 0 unspecified atom stereocenters. The highest BCUT2D eigenvalue weighted by Gasteiger charge is 2.21. The summed E-state index contributed by atoms with van der Waals surface area (Å²) < 4.78 is 7.40. The second kappa shape index (κ2) is 9.84. The van der Waals surface area contributed by atoms with Crippen LogP contribution < -0.4 is 4.74 Å². The average Bonchev–Trinajstić information content (AvgIpc) is 3.52. The third kappa shape index (κ3) is 4.67. The van der Waals surface area contributed by atoms with Crippen LogP contribution in [0.15, 0.2) is 79.1 Å². The first-order valence-corrected chi connectivity index (χ1v) is 11.3. The molecular weight excluding hydrogens is 450 g/mol. The molecule has 170 valence electrons. The molecule has 8 nitrogen and oxygen atoms in total. The van der Waals surface area contributed by atoms with Gasteiger partial charge < -0.3 is 4.74 Å². The fourth-order valence-electron chi connectivity index (χ4n) is 3.69. The van der Waals surface area contributed by atoms with Gasteiger partial charge >= 0.3 is 0 Å². The zero-order valence-corrected chi connectivity index (χ0v) is 19.3. The van der Waals surface area contributed by atoms with Crippen molar-refractivity contribution >= 4 is 11.6 Å². The first-order chi connectivity index (χ1) is 16.7. The van der Waals surface area contributed by atoms with Crippen LogP contribution in [0.2, 0.25) is 5.02 Å². The van der Waals surface area contributed by atoms with E-state index in [0.29, 0.717) is 41.4 Å². The van der Waals surface area contributed by atoms with Crippen molar-refractivity contribution in [2.45, 2.75) is 19.9 Å². The quantitative estimate of drug-likeness (QED) is 0.328. The maximum atomic E-state index is 6.58. The summed E-state index contributed by atoms with van der Waals surface area (Å²) >= 11 is 6.58. The smallest absolute Gasteiger partial charge is 0.213 e. The Kier molecular flexibility index (Phi) is 6.31. The van der Waals surface area contributed by atoms with Gasteiger partial charge in [0.05, 0.1) is 29.7 Å². The number of para-hydroxylation sites is 1. The Morgan fingerprint density at radius 3 is 2.44 bits per heavy atom. The van der Waals surface area contributed by atoms with Gasteiger partial charge in [-0.2, -0.15) is 15.0 Å². The molecule has 5 aromatic rings. The fourth-order valence-corrected chi connectivity index (χ4v) is 3.88. The lowest BCUT2D eigenvalue weighted by molar-refractivity contribution is 0.327. The van der Waals surface area contributed by atoms with E-state index in [-0.39, 0.29) is 0 Å². The van der Waals surface area contributed by atoms with E-state index in [1.54, 1.807) is 29.2 Å². The molecule has 0 N–H and O–H groups in total. The highest BCUT2D eigenvalue weighted by atomic mass is 35.5. The first kappa shape index (κ1) is 21.8. The number of benzene rings is 2. The Bertz CT molecular complexity index is 1380. The number of hydrogen-bond acceptors (Lipinski definition) is 6. The SMILES string of the molecule is CCOc1ccc(Cl)c(-c2nc(Cn3nccn3)nn2-c2ccccc2Cc2ccccc2)n1. The van der Waals surface area contributed by atoms with Crippen LogP contribution >= 0.6 is 11.6 Å². The van der Waals surface area contributed by atoms with Crippen LogP contribution in [0.3, 0.4) is 0 Å². The minimum Gasteiger partial charge on any atom is -0.478 e. The number of ether oxygens (including phenoxy) is 1. The summed E-state index contributed by atoms with van der Waals surface area (Å²) in [4.78, 5) is 11.0. The number of rotatable bonds is 8. The van der Waals surface area contributed by atoms with Crippen LogP contribution in [0.1, 0.15) is 23.9 Å². The zero-order chi connectivity index (χ0) is 23.3. The topological polar surface area (TPSA) is 83.5 Å². The number of aromatic nitrogens is 7. The van der Waals surface area contributed by atoms with Gasteiger partial charge in [-0.3, -0.25) is 0 Å². The minimum absolute atomic E-state index is 0.316. The van der Waals surface area contributed by atoms with Crippen molar-refractivity contribution in [2.75, 3.05) is 6.61 Å². The Labute approximate surface area is 201 Å². The van der Waals surface area contributed by atoms with Gasteiger partial charge in [0.15, 0.2) is 11.6 Å². The van der Waals surface area contributed by atoms with Crippen molar-refractivity contribution in [1.29, 1.82) is 0 Å². The summed E-state index contributed by atoms with van der Waals surface area (Å²) in [6, 6.07) is 21.9. The van der Waals surface area contributed by atoms with Gasteiger partial charge in [-0.1, -0.05) is 60.1 Å². The Hall–Kier alpha value is -4.04. The molecule has 34 heavy (non-hydrogen) atoms. The van der Waals surface area contributed by atoms with Crippen molar-refractivity contribution in [3.8, 4) is 23.1 Å². The van der Waals surface area contributed by atoms with Crippen LogP contribution in [-0.2, 0) is 13.0 Å². The minimum atomic E-state index is 0.316. The number of hydrogen-bond donors (Lipinski definition) is 0. The van der Waals surface area contributed by atoms with E-state index in [9.17, 15) is 0 Å². The zero-order valence-electron chi connectivity index (χ0n) is 18.5. The maximum Gasteiger partial charge on any atom is 0.213 e. The predicted octanol–water partition coefficient (Wildman–Crippen LogP) is 4.61. The molecule has 0 saturated heterocycles. The van der Waals surface area contributed by atoms with Crippen LogP contribution in [0.4, 0.5) is 0 Å². The summed E-state index contributed by atoms with van der Waals surface area (Å²) in [5.74, 6) is 1.54. The van der Waals surface area contributed by atoms with Gasteiger partial charge in [0.25, 0.3) is 0 Å². The van der Waals surface area contributed by atoms with E-state index >= 15 is 0 Å². The molecule has 0 spiro atoms. The van der Waals surface area contributed by atoms with E-state index in [2.05, 4.69) is 33.4 Å². The van der Waals surface area contributed by atoms with Gasteiger partial charge in [-0.15, -0.1) is 5.10 Å². The Balaban J connectivity index is 1.64. The molecule has 9 heteroatoms. The van der Waals surface area contributed by atoms with Crippen LogP contribution in [0.5, 0.6) is 5.88 Å². The summed E-state index contributed by atoms with van der Waals surface area (Å²) in [5, 5.41) is 13.6. The van der Waals surface area contributed by atoms with Crippen molar-refractivity contribution in [3.05, 3.63) is 101 Å². The Morgan fingerprint density at radius 1 is 0.882 bits per heavy atom. The molecule has 3 heterocycles. The largest absolute Gasteiger partial charge is 0.478 e. The first-order valence-electron chi connectivity index (χ1n) is 10.9. The molecule has 0 atom stereocenters. The van der Waals surface area contributed by atoms with Gasteiger partial charge in [0.2, 0.25) is 5.88 Å². The molecule has 5 rings (SSSR count). The second-order valence-corrected chi connectivity index (χ2v) is 7.93. The van der Waals surface area contributed by atoms with Crippen LogP contribution in [0, 0.1) is 0 Å². The normalized spacial score (nSPS) is 11.0. The second-order valence-electron chi connectivity index (χ2n) is 7.53. The molecule has 0 bridgehead atoms. The summed E-state index contributed by atoms with van der Waals surface area (Å²) in [5.41, 5.74) is 3.69. The number of pyridine rings is 1. The molecule has 3 aromatic heterocycles. The van der Waals surface area contributed by atoms with E-state index in [4.69, 9.17) is 26.4 Å². The summed E-state index contributed by atoms with van der Waals surface area (Å²) in [6.45, 7) is 2.72. The van der Waals surface area contributed by atoms with Crippen molar-refractivity contribution in [1.82, 2.24) is 34.7 Å². The fraction of sp³-hybridized carbons (Fsp3) is 0.160. The van der Waals surface area contributed by atoms with Crippen molar-refractivity contribution in [3.63, 3.8) is 0 Å². The van der Waals surface area contributed by atoms with E-state index < -0.39 is 0 Å². The van der Waals surface area contributed by atoms with Gasteiger partial charge in [-0.05, 0) is 36.6 Å². The van der Waals surface area contributed by atoms with Crippen LogP contribution in [-0.4, -0.2) is 41.3 Å². The van der Waals surface area contributed by atoms with Gasteiger partial charge in [0, 0.05) is 6.07 Å². The summed E-state index contributed by atoms with van der Waals surface area (Å²) in [7, 11) is 0. The molecule has 0 saturated carbocycles. The maximum absolute atomic E-state index is 6.58. The van der Waals surface area contributed by atoms with E-state index in [1.807, 2.05) is 43.3 Å². The lowest BCUT2D eigenvalue weighted by Crippen LogP contribution is -2.07. The van der Waals surface area contributed by atoms with Gasteiger partial charge in [0.1, 0.15) is 12.2 Å². The standard InChI is InChI=1S/C25H22ClN7O/c1-2-34-23-13-12-20(26)24(30-23)25-29-22(17-32-27-14-15-28-32)31-33(25)21-11-7-6-10-19(21)16-18-8-4-3-5-9-18/h3-15H,2,16-17H2,1H3. The molecule has 0 aliphatic carbocycles. The summed E-state index contributed by atoms with van der Waals surface area (Å²) in [6.07, 6.45) is 3.99. The lowest BCUT2D eigenvalue weighted by atomic mass is 10.0. The van der Waals surface area contributed by atoms with Crippen molar-refractivity contribution < 1.29 is 4.74 Å². The molecular formula is C25H22ClN7O. The number of halogens is 1. The average molecular weight is 472 g/mol. The van der Waals surface area contributed by atoms with E-state index in [1.165, 1.54) is 10.4 Å². The van der Waals surface area contributed by atoms with Gasteiger partial charge in [-0.25, -0.2) is 14.6 Å². The molecule has 0 radical (unpaired) electrons. The molecule has 0 amide bonds.